The van der Waals surface area contributed by atoms with Gasteiger partial charge in [0.1, 0.15) is 5.75 Å². The van der Waals surface area contributed by atoms with Crippen molar-refractivity contribution in [1.29, 1.82) is 0 Å². The Morgan fingerprint density at radius 3 is 2.90 bits per heavy atom. The number of rotatable bonds is 7. The second-order valence-electron chi connectivity index (χ2n) is 8.45. The molecule has 0 saturated heterocycles. The number of ether oxygens (including phenoxy) is 1. The maximum atomic E-state index is 12.7. The first kappa shape index (κ1) is 25.0. The van der Waals surface area contributed by atoms with E-state index in [2.05, 4.69) is 20.6 Å². The summed E-state index contributed by atoms with van der Waals surface area (Å²) in [6, 6.07) is 18.4. The van der Waals surface area contributed by atoms with Crippen molar-refractivity contribution in [1.82, 2.24) is 15.0 Å². The van der Waals surface area contributed by atoms with E-state index in [1.807, 2.05) is 47.8 Å². The Bertz CT molecular complexity index is 1670. The van der Waals surface area contributed by atoms with Crippen LogP contribution in [0.5, 0.6) is 5.75 Å². The summed E-state index contributed by atoms with van der Waals surface area (Å²) in [5.74, 6) is 0.569. The topological polar surface area (TPSA) is 109 Å². The number of hydrogen-bond acceptors (Lipinski definition) is 9. The summed E-state index contributed by atoms with van der Waals surface area (Å²) in [7, 11) is 0. The Morgan fingerprint density at radius 2 is 2.03 bits per heavy atom. The number of carbonyl (C=O) groups excluding carboxylic acids is 2. The van der Waals surface area contributed by atoms with E-state index in [0.717, 1.165) is 25.4 Å². The van der Waals surface area contributed by atoms with Crippen molar-refractivity contribution < 1.29 is 14.3 Å². The molecule has 194 valence electrons. The molecule has 0 unspecified atom stereocenters. The van der Waals surface area contributed by atoms with Crippen molar-refractivity contribution in [3.05, 3.63) is 82.6 Å². The summed E-state index contributed by atoms with van der Waals surface area (Å²) in [6.07, 6.45) is 1.90. The number of nitrogens with zero attached hydrogens (tertiary/aromatic N) is 4. The molecule has 4 heterocycles. The molecule has 0 fully saturated rings. The number of nitrogens with one attached hydrogen (secondary N) is 2. The van der Waals surface area contributed by atoms with Gasteiger partial charge in [-0.3, -0.25) is 9.59 Å². The van der Waals surface area contributed by atoms with Crippen LogP contribution in [0, 0.1) is 0 Å². The third-order valence-corrected chi connectivity index (χ3v) is 7.91. The number of thiophene rings is 1. The van der Waals surface area contributed by atoms with Gasteiger partial charge < -0.3 is 15.4 Å². The Balaban J connectivity index is 1.23. The molecule has 0 atom stereocenters. The minimum Gasteiger partial charge on any atom is -0.482 e. The maximum absolute atomic E-state index is 12.7. The van der Waals surface area contributed by atoms with Crippen LogP contribution in [0.1, 0.15) is 4.88 Å². The van der Waals surface area contributed by atoms with Gasteiger partial charge in [-0.25, -0.2) is 19.4 Å². The number of carbonyl (C=O) groups is 2. The number of anilines is 4. The molecule has 2 aromatic carbocycles. The van der Waals surface area contributed by atoms with Gasteiger partial charge in [0, 0.05) is 40.2 Å². The van der Waals surface area contributed by atoms with Gasteiger partial charge in [-0.2, -0.15) is 0 Å². The minimum atomic E-state index is -0.212. The van der Waals surface area contributed by atoms with E-state index in [0.29, 0.717) is 34.5 Å². The van der Waals surface area contributed by atoms with Crippen LogP contribution in [0.2, 0.25) is 0 Å². The third kappa shape index (κ3) is 5.46. The van der Waals surface area contributed by atoms with Gasteiger partial charge in [-0.05, 0) is 41.8 Å². The molecular weight excluding hydrogens is 556 g/mol. The molecule has 0 aliphatic carbocycles. The zero-order valence-electron chi connectivity index (χ0n) is 20.1. The number of thiazole rings is 1. The number of amides is 2. The van der Waals surface area contributed by atoms with Crippen LogP contribution < -0.4 is 19.8 Å². The second-order valence-corrected chi connectivity index (χ2v) is 10.7. The summed E-state index contributed by atoms with van der Waals surface area (Å²) in [5.41, 5.74) is 5.86. The Hall–Kier alpha value is -4.32. The number of halogens is 1. The molecule has 6 rings (SSSR count). The lowest BCUT2D eigenvalue weighted by molar-refractivity contribution is -0.118. The molecule has 2 amide bonds. The fraction of sp³-hybridized carbons (Fsp3) is 0.0741. The van der Waals surface area contributed by atoms with Crippen molar-refractivity contribution in [2.75, 3.05) is 21.7 Å². The van der Waals surface area contributed by atoms with Crippen molar-refractivity contribution in [2.24, 2.45) is 0 Å². The van der Waals surface area contributed by atoms with Gasteiger partial charge in [-0.15, -0.1) is 22.7 Å². The molecule has 0 bridgehead atoms. The predicted octanol–water partition coefficient (Wildman–Crippen LogP) is 6.13. The van der Waals surface area contributed by atoms with E-state index < -0.39 is 0 Å². The lowest BCUT2D eigenvalue weighted by Gasteiger charge is -2.18. The molecule has 1 aliphatic heterocycles. The molecule has 0 saturated carbocycles. The molecule has 3 aromatic heterocycles. The normalized spacial score (nSPS) is 12.3. The zero-order chi connectivity index (χ0) is 26.8. The molecule has 39 heavy (non-hydrogen) atoms. The van der Waals surface area contributed by atoms with Crippen LogP contribution in [0.3, 0.4) is 0 Å². The van der Waals surface area contributed by atoms with E-state index in [-0.39, 0.29) is 24.8 Å². The lowest BCUT2D eigenvalue weighted by atomic mass is 10.1. The summed E-state index contributed by atoms with van der Waals surface area (Å²) in [6.45, 7) is -0.0257. The molecule has 12 heteroatoms. The highest BCUT2D eigenvalue weighted by Crippen LogP contribution is 2.36. The summed E-state index contributed by atoms with van der Waals surface area (Å²) in [4.78, 5) is 39.7. The largest absolute Gasteiger partial charge is 0.482 e. The Labute approximate surface area is 236 Å². The molecule has 0 radical (unpaired) electrons. The molecule has 5 aromatic rings. The lowest BCUT2D eigenvalue weighted by Crippen LogP contribution is -2.25. The van der Waals surface area contributed by atoms with Crippen LogP contribution in [0.4, 0.5) is 23.0 Å². The quantitative estimate of drug-likeness (QED) is 0.225. The molecule has 0 spiro atoms. The van der Waals surface area contributed by atoms with Crippen LogP contribution in [-0.2, 0) is 16.0 Å². The van der Waals surface area contributed by atoms with E-state index in [1.165, 1.54) is 22.7 Å². The number of benzene rings is 2. The molecule has 9 nitrogen and oxygen atoms in total. The highest BCUT2D eigenvalue weighted by atomic mass is 35.5. The molecule has 1 aliphatic rings. The van der Waals surface area contributed by atoms with E-state index in [9.17, 15) is 9.59 Å². The summed E-state index contributed by atoms with van der Waals surface area (Å²) >= 11 is 9.40. The monoisotopic (exact) mass is 574 g/mol. The molecule has 2 N–H and O–H groups in total. The van der Waals surface area contributed by atoms with Crippen LogP contribution in [-0.4, -0.2) is 33.4 Å². The zero-order valence-corrected chi connectivity index (χ0v) is 22.5. The van der Waals surface area contributed by atoms with E-state index in [1.54, 1.807) is 29.9 Å². The first-order valence-corrected chi connectivity index (χ1v) is 13.9. The average molecular weight is 575 g/mol. The Kier molecular flexibility index (Phi) is 6.93. The van der Waals surface area contributed by atoms with Gasteiger partial charge in [0.05, 0.1) is 39.6 Å². The van der Waals surface area contributed by atoms with E-state index >= 15 is 0 Å². The van der Waals surface area contributed by atoms with E-state index in [4.69, 9.17) is 21.5 Å². The first-order chi connectivity index (χ1) is 19.0. The van der Waals surface area contributed by atoms with Crippen molar-refractivity contribution in [3.8, 4) is 27.6 Å². The average Bonchev–Trinajstić information content (AvgIpc) is 3.66. The van der Waals surface area contributed by atoms with Gasteiger partial charge in [0.25, 0.3) is 5.91 Å². The predicted molar refractivity (Wildman–Crippen MR) is 154 cm³/mol. The fourth-order valence-corrected chi connectivity index (χ4v) is 5.65. The number of fused-ring (bicyclic) bond motifs is 1. The van der Waals surface area contributed by atoms with Crippen LogP contribution in [0.15, 0.2) is 77.8 Å². The highest BCUT2D eigenvalue weighted by molar-refractivity contribution is 7.13. The molecular formula is C27H19ClN6O3S2. The Morgan fingerprint density at radius 1 is 1.10 bits per heavy atom. The van der Waals surface area contributed by atoms with Crippen LogP contribution >= 0.6 is 34.5 Å². The van der Waals surface area contributed by atoms with Crippen molar-refractivity contribution in [2.45, 2.75) is 6.42 Å². The van der Waals surface area contributed by atoms with Gasteiger partial charge in [-0.1, -0.05) is 18.2 Å². The fourth-order valence-electron chi connectivity index (χ4n) is 4.01. The summed E-state index contributed by atoms with van der Waals surface area (Å²) in [5, 5.41) is 7.89. The highest BCUT2D eigenvalue weighted by Gasteiger charge is 2.19. The van der Waals surface area contributed by atoms with Crippen molar-refractivity contribution >= 4 is 69.3 Å². The van der Waals surface area contributed by atoms with Crippen LogP contribution in [0.25, 0.3) is 21.8 Å². The maximum Gasteiger partial charge on any atom is 0.262 e. The third-order valence-electron chi connectivity index (χ3n) is 5.80. The summed E-state index contributed by atoms with van der Waals surface area (Å²) < 4.78 is 6.64. The second kappa shape index (κ2) is 10.8. The number of aromatic nitrogens is 3. The SMILES string of the molecule is O=C1COc2cc(Nc3nccc(-c4scnc4-c4cccc(N(Cl)C(=O)Cc5cccs5)c4)n3)ccc2N1. The standard InChI is InChI=1S/C27H19ClN6O3S2/c28-34(24(36)13-19-5-2-10-38-19)18-4-1-3-16(11-18)25-26(39-15-30-25)21-8-9-29-27(33-21)31-17-6-7-20-22(12-17)37-14-23(35)32-20/h1-12,15H,13-14H2,(H,32,35)(H,29,31,33). The minimum absolute atomic E-state index is 0.0257. The van der Waals surface area contributed by atoms with Gasteiger partial charge in [0.2, 0.25) is 11.9 Å². The van der Waals surface area contributed by atoms with Gasteiger partial charge in [0.15, 0.2) is 6.61 Å². The smallest absolute Gasteiger partial charge is 0.262 e. The van der Waals surface area contributed by atoms with Crippen molar-refractivity contribution in [3.63, 3.8) is 0 Å². The van der Waals surface area contributed by atoms with Gasteiger partial charge >= 0.3 is 0 Å². The number of hydrogen-bond donors (Lipinski definition) is 2. The first-order valence-electron chi connectivity index (χ1n) is 11.8.